The van der Waals surface area contributed by atoms with Gasteiger partial charge < -0.3 is 15.1 Å². The predicted molar refractivity (Wildman–Crippen MR) is 129 cm³/mol. The number of hydrogen-bond donors (Lipinski definition) is 2. The van der Waals surface area contributed by atoms with Crippen LogP contribution in [0.1, 0.15) is 29.3 Å². The van der Waals surface area contributed by atoms with Crippen molar-refractivity contribution in [3.05, 3.63) is 62.8 Å². The Hall–Kier alpha value is -2.08. The fourth-order valence-electron chi connectivity index (χ4n) is 4.74. The maximum Gasteiger partial charge on any atom is 0.243 e. The summed E-state index contributed by atoms with van der Waals surface area (Å²) >= 11 is 2.14. The number of aromatic nitrogens is 2. The van der Waals surface area contributed by atoms with Crippen molar-refractivity contribution in [2.75, 3.05) is 39.9 Å². The summed E-state index contributed by atoms with van der Waals surface area (Å²) in [7, 11) is 1.95. The first-order valence-corrected chi connectivity index (χ1v) is 12.1. The van der Waals surface area contributed by atoms with Gasteiger partial charge in [-0.15, -0.1) is 0 Å². The van der Waals surface area contributed by atoms with Gasteiger partial charge in [-0.2, -0.15) is 0 Å². The third kappa shape index (κ3) is 4.39. The SMILES string of the molecule is CN1NC(C(=O)N[C@H](CN2CCOCC2)c2ccccc2)C2=C1c1nc(I)ncc1CC2. The maximum atomic E-state index is 13.5. The highest BCUT2D eigenvalue weighted by Crippen LogP contribution is 2.37. The molecule has 1 aromatic heterocycles. The third-order valence-electron chi connectivity index (χ3n) is 6.36. The number of nitrogens with zero attached hydrogens (tertiary/aromatic N) is 4. The van der Waals surface area contributed by atoms with Gasteiger partial charge in [0, 0.05) is 55.5 Å². The van der Waals surface area contributed by atoms with Crippen molar-refractivity contribution in [1.82, 2.24) is 30.6 Å². The number of rotatable bonds is 5. The van der Waals surface area contributed by atoms with Gasteiger partial charge in [0.1, 0.15) is 6.04 Å². The molecule has 2 aliphatic heterocycles. The molecule has 1 amide bonds. The Kier molecular flexibility index (Phi) is 6.40. The average Bonchev–Trinajstić information content (AvgIpc) is 3.17. The lowest BCUT2D eigenvalue weighted by atomic mass is 9.90. The summed E-state index contributed by atoms with van der Waals surface area (Å²) in [5.74, 6) is -0.00355. The second-order valence-electron chi connectivity index (χ2n) is 8.39. The lowest BCUT2D eigenvalue weighted by Gasteiger charge is -2.31. The smallest absolute Gasteiger partial charge is 0.243 e. The zero-order chi connectivity index (χ0) is 22.1. The lowest BCUT2D eigenvalue weighted by Crippen LogP contribution is -2.49. The van der Waals surface area contributed by atoms with Crippen LogP contribution in [0.4, 0.5) is 0 Å². The topological polar surface area (TPSA) is 82.6 Å². The van der Waals surface area contributed by atoms with Crippen molar-refractivity contribution in [2.45, 2.75) is 24.9 Å². The molecule has 0 radical (unpaired) electrons. The first kappa shape index (κ1) is 21.7. The molecule has 1 fully saturated rings. The monoisotopic (exact) mass is 546 g/mol. The molecular formula is C23H27IN6O2. The van der Waals surface area contributed by atoms with E-state index in [1.807, 2.05) is 36.5 Å². The number of aryl methyl sites for hydroxylation is 1. The number of fused-ring (bicyclic) bond motifs is 2. The Bertz CT molecular complexity index is 1020. The number of halogens is 1. The summed E-state index contributed by atoms with van der Waals surface area (Å²) in [5.41, 5.74) is 8.66. The first-order valence-electron chi connectivity index (χ1n) is 11.0. The van der Waals surface area contributed by atoms with Crippen molar-refractivity contribution in [3.8, 4) is 0 Å². The van der Waals surface area contributed by atoms with Crippen LogP contribution in [-0.2, 0) is 16.0 Å². The van der Waals surface area contributed by atoms with Crippen molar-refractivity contribution in [3.63, 3.8) is 0 Å². The van der Waals surface area contributed by atoms with Crippen molar-refractivity contribution in [1.29, 1.82) is 0 Å². The number of hydrogen-bond acceptors (Lipinski definition) is 7. The molecule has 3 aliphatic rings. The molecule has 0 bridgehead atoms. The third-order valence-corrected chi connectivity index (χ3v) is 6.88. The largest absolute Gasteiger partial charge is 0.379 e. The highest BCUT2D eigenvalue weighted by molar-refractivity contribution is 14.1. The van der Waals surface area contributed by atoms with Gasteiger partial charge in [0.05, 0.1) is 30.6 Å². The molecule has 3 heterocycles. The van der Waals surface area contributed by atoms with Gasteiger partial charge in [0.25, 0.3) is 0 Å². The van der Waals surface area contributed by atoms with Crippen LogP contribution in [0, 0.1) is 3.83 Å². The molecule has 168 valence electrons. The minimum absolute atomic E-state index is 0.00355. The van der Waals surface area contributed by atoms with E-state index in [4.69, 9.17) is 4.74 Å². The van der Waals surface area contributed by atoms with E-state index in [1.54, 1.807) is 0 Å². The number of amides is 1. The number of ether oxygens (including phenoxy) is 1. The van der Waals surface area contributed by atoms with Crippen molar-refractivity contribution in [2.24, 2.45) is 0 Å². The zero-order valence-corrected chi connectivity index (χ0v) is 20.2. The molecule has 1 unspecified atom stereocenters. The number of carbonyl (C=O) groups excluding carboxylic acids is 1. The van der Waals surface area contributed by atoms with Crippen LogP contribution in [0.3, 0.4) is 0 Å². The molecule has 2 N–H and O–H groups in total. The van der Waals surface area contributed by atoms with E-state index in [1.165, 1.54) is 0 Å². The predicted octanol–water partition coefficient (Wildman–Crippen LogP) is 1.75. The lowest BCUT2D eigenvalue weighted by molar-refractivity contribution is -0.123. The van der Waals surface area contributed by atoms with Crippen LogP contribution in [0.25, 0.3) is 5.70 Å². The maximum absolute atomic E-state index is 13.5. The number of benzene rings is 1. The second kappa shape index (κ2) is 9.42. The fourth-order valence-corrected chi connectivity index (χ4v) is 5.12. The van der Waals surface area contributed by atoms with Crippen LogP contribution < -0.4 is 10.7 Å². The Labute approximate surface area is 201 Å². The molecular weight excluding hydrogens is 519 g/mol. The van der Waals surface area contributed by atoms with Gasteiger partial charge >= 0.3 is 0 Å². The van der Waals surface area contributed by atoms with Gasteiger partial charge in [-0.25, -0.2) is 15.4 Å². The van der Waals surface area contributed by atoms with E-state index in [9.17, 15) is 4.79 Å². The molecule has 2 aromatic rings. The number of nitrogens with one attached hydrogen (secondary N) is 2. The molecule has 32 heavy (non-hydrogen) atoms. The molecule has 1 saturated heterocycles. The van der Waals surface area contributed by atoms with Gasteiger partial charge in [-0.1, -0.05) is 30.3 Å². The number of morpholine rings is 1. The van der Waals surface area contributed by atoms with Crippen molar-refractivity contribution >= 4 is 34.2 Å². The van der Waals surface area contributed by atoms with Crippen LogP contribution >= 0.6 is 22.6 Å². The van der Waals surface area contributed by atoms with Crippen LogP contribution in [0.2, 0.25) is 0 Å². The summed E-state index contributed by atoms with van der Waals surface area (Å²) < 4.78 is 6.21. The molecule has 2 atom stereocenters. The Morgan fingerprint density at radius 2 is 2.06 bits per heavy atom. The normalized spacial score (nSPS) is 21.8. The van der Waals surface area contributed by atoms with Gasteiger partial charge in [0.15, 0.2) is 3.83 Å². The minimum Gasteiger partial charge on any atom is -0.379 e. The molecule has 0 spiro atoms. The first-order chi connectivity index (χ1) is 15.6. The molecule has 1 aliphatic carbocycles. The van der Waals surface area contributed by atoms with Gasteiger partial charge in [-0.3, -0.25) is 9.69 Å². The van der Waals surface area contributed by atoms with E-state index in [2.05, 4.69) is 60.3 Å². The van der Waals surface area contributed by atoms with E-state index >= 15 is 0 Å². The Morgan fingerprint density at radius 1 is 1.28 bits per heavy atom. The van der Waals surface area contributed by atoms with Gasteiger partial charge in [0.2, 0.25) is 5.91 Å². The molecule has 9 heteroatoms. The Balaban J connectivity index is 1.39. The number of hydrazine groups is 1. The van der Waals surface area contributed by atoms with Crippen LogP contribution in [0.15, 0.2) is 42.1 Å². The summed E-state index contributed by atoms with van der Waals surface area (Å²) in [5, 5.41) is 5.28. The fraction of sp³-hybridized carbons (Fsp3) is 0.435. The minimum atomic E-state index is -0.397. The van der Waals surface area contributed by atoms with E-state index < -0.39 is 6.04 Å². The quantitative estimate of drug-likeness (QED) is 0.437. The van der Waals surface area contributed by atoms with Crippen molar-refractivity contribution < 1.29 is 9.53 Å². The summed E-state index contributed by atoms with van der Waals surface area (Å²) in [6.45, 7) is 4.01. The number of carbonyl (C=O) groups is 1. The average molecular weight is 546 g/mol. The zero-order valence-electron chi connectivity index (χ0n) is 18.1. The second-order valence-corrected chi connectivity index (χ2v) is 9.36. The van der Waals surface area contributed by atoms with E-state index in [0.717, 1.165) is 73.8 Å². The summed E-state index contributed by atoms with van der Waals surface area (Å²) in [4.78, 5) is 24.9. The molecule has 0 saturated carbocycles. The van der Waals surface area contributed by atoms with Gasteiger partial charge in [-0.05, 0) is 29.5 Å². The summed E-state index contributed by atoms with van der Waals surface area (Å²) in [6, 6.07) is 9.74. The van der Waals surface area contributed by atoms with Crippen LogP contribution in [-0.4, -0.2) is 71.7 Å². The summed E-state index contributed by atoms with van der Waals surface area (Å²) in [6.07, 6.45) is 3.57. The Morgan fingerprint density at radius 3 is 2.84 bits per heavy atom. The molecule has 8 nitrogen and oxygen atoms in total. The van der Waals surface area contributed by atoms with Crippen LogP contribution in [0.5, 0.6) is 0 Å². The standard InChI is InChI=1S/C23H27IN6O2/c1-29-21-17(8-7-16-13-25-23(24)27-19(16)21)20(28-29)22(31)26-18(15-5-3-2-4-6-15)14-30-9-11-32-12-10-30/h2-6,13,18,20,28H,7-12,14H2,1H3,(H,26,31)/t18-,20?/m1/s1. The highest BCUT2D eigenvalue weighted by Gasteiger charge is 2.39. The highest BCUT2D eigenvalue weighted by atomic mass is 127. The molecule has 5 rings (SSSR count). The molecule has 1 aromatic carbocycles. The van der Waals surface area contributed by atoms with E-state index in [0.29, 0.717) is 3.83 Å². The van der Waals surface area contributed by atoms with E-state index in [-0.39, 0.29) is 11.9 Å².